The fourth-order valence-corrected chi connectivity index (χ4v) is 2.34. The van der Waals surface area contributed by atoms with E-state index in [-0.39, 0.29) is 0 Å². The van der Waals surface area contributed by atoms with Gasteiger partial charge in [0.2, 0.25) is 5.95 Å². The van der Waals surface area contributed by atoms with Crippen molar-refractivity contribution in [1.82, 2.24) is 9.97 Å². The van der Waals surface area contributed by atoms with Crippen molar-refractivity contribution >= 4 is 33.3 Å². The summed E-state index contributed by atoms with van der Waals surface area (Å²) < 4.78 is 1.14. The van der Waals surface area contributed by atoms with E-state index in [4.69, 9.17) is 0 Å². The molecule has 5 heteroatoms. The van der Waals surface area contributed by atoms with E-state index in [2.05, 4.69) is 39.8 Å². The normalized spacial score (nSPS) is 10.7. The van der Waals surface area contributed by atoms with Crippen molar-refractivity contribution in [3.05, 3.63) is 11.4 Å². The monoisotopic (exact) mass is 250 g/mol. The van der Waals surface area contributed by atoms with Gasteiger partial charge in [0.05, 0.1) is 10.2 Å². The van der Waals surface area contributed by atoms with Crippen molar-refractivity contribution in [1.29, 1.82) is 0 Å². The predicted octanol–water partition coefficient (Wildman–Crippen LogP) is 3.34. The minimum atomic E-state index is 0.719. The highest BCUT2D eigenvalue weighted by Crippen LogP contribution is 2.27. The number of nitrogens with one attached hydrogen (secondary N) is 2. The highest BCUT2D eigenvalue weighted by Gasteiger charge is 2.07. The Kier molecular flexibility index (Phi) is 4.14. The summed E-state index contributed by atoms with van der Waals surface area (Å²) in [5, 5.41) is 8.65. The van der Waals surface area contributed by atoms with Crippen molar-refractivity contribution in [2.45, 2.75) is 26.7 Å². The molecule has 2 N–H and O–H groups in total. The second-order valence-corrected chi connectivity index (χ2v) is 4.80. The Bertz CT molecular complexity index is 480. The molecule has 0 saturated carbocycles. The quantitative estimate of drug-likeness (QED) is 0.825. The van der Waals surface area contributed by atoms with Crippen molar-refractivity contribution in [3.63, 3.8) is 0 Å². The standard InChI is InChI=1S/C12H18N4S/c1-3-6-13-11-10-9(5-8-17-10)15-12(16-11)14-7-4-2/h5,8H,3-4,6-7H2,1-2H3,(H2,13,14,15,16). The Morgan fingerprint density at radius 1 is 1.12 bits per heavy atom. The third kappa shape index (κ3) is 2.85. The third-order valence-electron chi connectivity index (χ3n) is 2.38. The van der Waals surface area contributed by atoms with Gasteiger partial charge in [-0.3, -0.25) is 0 Å². The number of hydrogen-bond acceptors (Lipinski definition) is 5. The Hall–Kier alpha value is -1.36. The number of hydrogen-bond donors (Lipinski definition) is 2. The zero-order chi connectivity index (χ0) is 12.1. The van der Waals surface area contributed by atoms with Gasteiger partial charge in [-0.15, -0.1) is 11.3 Å². The highest BCUT2D eigenvalue weighted by molar-refractivity contribution is 7.17. The van der Waals surface area contributed by atoms with E-state index in [0.717, 1.165) is 47.9 Å². The Morgan fingerprint density at radius 2 is 1.88 bits per heavy atom. The van der Waals surface area contributed by atoms with Crippen LogP contribution in [-0.4, -0.2) is 23.1 Å². The van der Waals surface area contributed by atoms with E-state index in [1.807, 2.05) is 6.07 Å². The molecule has 0 amide bonds. The molecule has 17 heavy (non-hydrogen) atoms. The molecule has 4 nitrogen and oxygen atoms in total. The summed E-state index contributed by atoms with van der Waals surface area (Å²) in [5.74, 6) is 1.67. The Labute approximate surface area is 105 Å². The summed E-state index contributed by atoms with van der Waals surface area (Å²) in [6.07, 6.45) is 2.16. The van der Waals surface area contributed by atoms with Gasteiger partial charge in [0, 0.05) is 13.1 Å². The second kappa shape index (κ2) is 5.82. The zero-order valence-corrected chi connectivity index (χ0v) is 11.1. The van der Waals surface area contributed by atoms with Gasteiger partial charge in [-0.2, -0.15) is 4.98 Å². The molecule has 0 radical (unpaired) electrons. The van der Waals surface area contributed by atoms with Gasteiger partial charge in [0.25, 0.3) is 0 Å². The lowest BCUT2D eigenvalue weighted by Crippen LogP contribution is -2.08. The molecule has 92 valence electrons. The summed E-state index contributed by atoms with van der Waals surface area (Å²) in [7, 11) is 0. The van der Waals surface area contributed by atoms with Crippen molar-refractivity contribution in [2.75, 3.05) is 23.7 Å². The topological polar surface area (TPSA) is 49.8 Å². The lowest BCUT2D eigenvalue weighted by molar-refractivity contribution is 0.947. The fourth-order valence-electron chi connectivity index (χ4n) is 1.54. The summed E-state index contributed by atoms with van der Waals surface area (Å²) in [6, 6.07) is 2.04. The molecule has 2 aromatic heterocycles. The van der Waals surface area contributed by atoms with Crippen LogP contribution in [0, 0.1) is 0 Å². The third-order valence-corrected chi connectivity index (χ3v) is 3.29. The molecular formula is C12H18N4S. The van der Waals surface area contributed by atoms with Gasteiger partial charge in [0.15, 0.2) is 0 Å². The van der Waals surface area contributed by atoms with E-state index in [1.54, 1.807) is 11.3 Å². The minimum Gasteiger partial charge on any atom is -0.369 e. The molecule has 0 aliphatic rings. The number of nitrogens with zero attached hydrogens (tertiary/aromatic N) is 2. The molecule has 0 aliphatic carbocycles. The van der Waals surface area contributed by atoms with E-state index >= 15 is 0 Å². The summed E-state index contributed by atoms with van der Waals surface area (Å²) >= 11 is 1.68. The molecule has 2 heterocycles. The van der Waals surface area contributed by atoms with Crippen LogP contribution >= 0.6 is 11.3 Å². The smallest absolute Gasteiger partial charge is 0.225 e. The number of fused-ring (bicyclic) bond motifs is 1. The average Bonchev–Trinajstić information content (AvgIpc) is 2.81. The Morgan fingerprint density at radius 3 is 2.65 bits per heavy atom. The van der Waals surface area contributed by atoms with Crippen molar-refractivity contribution in [3.8, 4) is 0 Å². The lowest BCUT2D eigenvalue weighted by Gasteiger charge is -2.08. The van der Waals surface area contributed by atoms with Gasteiger partial charge in [-0.05, 0) is 24.3 Å². The molecule has 0 aliphatic heterocycles. The summed E-state index contributed by atoms with van der Waals surface area (Å²) in [5.41, 5.74) is 1.02. The van der Waals surface area contributed by atoms with Gasteiger partial charge < -0.3 is 10.6 Å². The molecule has 0 aromatic carbocycles. The van der Waals surface area contributed by atoms with E-state index < -0.39 is 0 Å². The molecule has 2 rings (SSSR count). The van der Waals surface area contributed by atoms with Crippen LogP contribution in [0.1, 0.15) is 26.7 Å². The second-order valence-electron chi connectivity index (χ2n) is 3.88. The van der Waals surface area contributed by atoms with Gasteiger partial charge >= 0.3 is 0 Å². The Balaban J connectivity index is 2.29. The molecule has 0 spiro atoms. The first-order valence-corrected chi connectivity index (χ1v) is 6.96. The number of rotatable bonds is 6. The highest BCUT2D eigenvalue weighted by atomic mass is 32.1. The fraction of sp³-hybridized carbons (Fsp3) is 0.500. The predicted molar refractivity (Wildman–Crippen MR) is 75.0 cm³/mol. The molecular weight excluding hydrogens is 232 g/mol. The van der Waals surface area contributed by atoms with Gasteiger partial charge in [-0.1, -0.05) is 13.8 Å². The van der Waals surface area contributed by atoms with Crippen LogP contribution < -0.4 is 10.6 Å². The molecule has 2 aromatic rings. The summed E-state index contributed by atoms with van der Waals surface area (Å²) in [4.78, 5) is 9.01. The molecule has 0 fully saturated rings. The number of aromatic nitrogens is 2. The average molecular weight is 250 g/mol. The van der Waals surface area contributed by atoms with Gasteiger partial charge in [-0.25, -0.2) is 4.98 Å². The van der Waals surface area contributed by atoms with Crippen molar-refractivity contribution < 1.29 is 0 Å². The van der Waals surface area contributed by atoms with Crippen LogP contribution in [0.5, 0.6) is 0 Å². The number of thiophene rings is 1. The maximum atomic E-state index is 4.53. The number of anilines is 2. The summed E-state index contributed by atoms with van der Waals surface area (Å²) in [6.45, 7) is 6.13. The lowest BCUT2D eigenvalue weighted by atomic mass is 10.4. The van der Waals surface area contributed by atoms with E-state index in [1.165, 1.54) is 0 Å². The first kappa shape index (κ1) is 12.1. The van der Waals surface area contributed by atoms with E-state index in [0.29, 0.717) is 0 Å². The first-order chi connectivity index (χ1) is 8.35. The van der Waals surface area contributed by atoms with Gasteiger partial charge in [0.1, 0.15) is 5.82 Å². The van der Waals surface area contributed by atoms with Crippen molar-refractivity contribution in [2.24, 2.45) is 0 Å². The maximum absolute atomic E-state index is 4.53. The van der Waals surface area contributed by atoms with Crippen LogP contribution in [0.3, 0.4) is 0 Å². The zero-order valence-electron chi connectivity index (χ0n) is 10.3. The van der Waals surface area contributed by atoms with Crippen LogP contribution in [0.4, 0.5) is 11.8 Å². The largest absolute Gasteiger partial charge is 0.369 e. The molecule has 0 saturated heterocycles. The molecule has 0 atom stereocenters. The first-order valence-electron chi connectivity index (χ1n) is 6.08. The SMILES string of the molecule is CCCNc1nc(NCCC)c2sccc2n1. The minimum absolute atomic E-state index is 0.719. The molecule has 0 bridgehead atoms. The van der Waals surface area contributed by atoms with Crippen LogP contribution in [-0.2, 0) is 0 Å². The van der Waals surface area contributed by atoms with Crippen LogP contribution in [0.2, 0.25) is 0 Å². The van der Waals surface area contributed by atoms with Crippen LogP contribution in [0.15, 0.2) is 11.4 Å². The maximum Gasteiger partial charge on any atom is 0.225 e. The molecule has 0 unspecified atom stereocenters. The van der Waals surface area contributed by atoms with E-state index in [9.17, 15) is 0 Å². The van der Waals surface area contributed by atoms with Crippen LogP contribution in [0.25, 0.3) is 10.2 Å².